The Morgan fingerprint density at radius 1 is 1.19 bits per heavy atom. The van der Waals surface area contributed by atoms with Gasteiger partial charge >= 0.3 is 0 Å². The van der Waals surface area contributed by atoms with Crippen LogP contribution in [-0.2, 0) is 16.6 Å². The Kier molecular flexibility index (Phi) is 4.63. The fraction of sp³-hybridized carbons (Fsp3) is 0.0714. The van der Waals surface area contributed by atoms with Gasteiger partial charge in [-0.1, -0.05) is 12.1 Å². The number of rotatable bonds is 4. The van der Waals surface area contributed by atoms with Gasteiger partial charge in [-0.2, -0.15) is 5.26 Å². The Bertz CT molecular complexity index is 796. The zero-order valence-electron chi connectivity index (χ0n) is 10.9. The Morgan fingerprint density at radius 3 is 2.38 bits per heavy atom. The number of nitrogens with zero attached hydrogens (tertiary/aromatic N) is 1. The van der Waals surface area contributed by atoms with Gasteiger partial charge in [-0.3, -0.25) is 0 Å². The van der Waals surface area contributed by atoms with Crippen molar-refractivity contribution in [3.05, 3.63) is 58.1 Å². The van der Waals surface area contributed by atoms with Gasteiger partial charge in [0.25, 0.3) is 0 Å². The highest BCUT2D eigenvalue weighted by molar-refractivity contribution is 9.10. The van der Waals surface area contributed by atoms with Gasteiger partial charge in [-0.25, -0.2) is 13.6 Å². The third kappa shape index (κ3) is 4.04. The molecule has 2 aromatic carbocycles. The topological polar surface area (TPSA) is 96.0 Å². The van der Waals surface area contributed by atoms with E-state index < -0.39 is 10.0 Å². The van der Waals surface area contributed by atoms with Crippen LogP contribution in [0.4, 0.5) is 5.69 Å². The summed E-state index contributed by atoms with van der Waals surface area (Å²) in [6, 6.07) is 13.8. The van der Waals surface area contributed by atoms with Gasteiger partial charge in [0, 0.05) is 16.7 Å². The number of hydrogen-bond donors (Lipinski definition) is 2. The molecule has 0 aromatic heterocycles. The monoisotopic (exact) mass is 365 g/mol. The fourth-order valence-electron chi connectivity index (χ4n) is 1.71. The first kappa shape index (κ1) is 15.5. The Labute approximate surface area is 131 Å². The number of anilines is 1. The van der Waals surface area contributed by atoms with Crippen molar-refractivity contribution in [1.82, 2.24) is 0 Å². The van der Waals surface area contributed by atoms with Gasteiger partial charge in [0.15, 0.2) is 0 Å². The van der Waals surface area contributed by atoms with E-state index in [-0.39, 0.29) is 4.90 Å². The summed E-state index contributed by atoms with van der Waals surface area (Å²) in [5.41, 5.74) is 2.38. The van der Waals surface area contributed by atoms with Crippen molar-refractivity contribution in [1.29, 1.82) is 5.26 Å². The summed E-state index contributed by atoms with van der Waals surface area (Å²) >= 11 is 3.31. The summed E-state index contributed by atoms with van der Waals surface area (Å²) < 4.78 is 23.1. The number of nitriles is 1. The van der Waals surface area contributed by atoms with Crippen molar-refractivity contribution in [2.24, 2.45) is 5.14 Å². The first-order valence-electron chi connectivity index (χ1n) is 5.95. The van der Waals surface area contributed by atoms with Crippen LogP contribution in [0.2, 0.25) is 0 Å². The number of hydrogen-bond acceptors (Lipinski definition) is 4. The minimum absolute atomic E-state index is 0.0540. The van der Waals surface area contributed by atoms with E-state index in [9.17, 15) is 8.42 Å². The van der Waals surface area contributed by atoms with Crippen LogP contribution in [0, 0.1) is 11.3 Å². The maximum atomic E-state index is 11.2. The molecule has 108 valence electrons. The first-order chi connectivity index (χ1) is 9.90. The van der Waals surface area contributed by atoms with Crippen LogP contribution in [0.5, 0.6) is 0 Å². The van der Waals surface area contributed by atoms with E-state index >= 15 is 0 Å². The summed E-state index contributed by atoms with van der Waals surface area (Å²) in [4.78, 5) is 0.0540. The Morgan fingerprint density at radius 2 is 1.86 bits per heavy atom. The molecule has 0 radical (unpaired) electrons. The van der Waals surface area contributed by atoms with Crippen molar-refractivity contribution in [3.8, 4) is 6.07 Å². The van der Waals surface area contributed by atoms with E-state index in [4.69, 9.17) is 10.4 Å². The van der Waals surface area contributed by atoms with Gasteiger partial charge in [-0.05, 0) is 51.8 Å². The summed E-state index contributed by atoms with van der Waals surface area (Å²) in [5.74, 6) is 0. The molecule has 2 aromatic rings. The van der Waals surface area contributed by atoms with Crippen LogP contribution >= 0.6 is 15.9 Å². The number of halogens is 1. The third-order valence-corrected chi connectivity index (χ3v) is 4.40. The smallest absolute Gasteiger partial charge is 0.238 e. The molecule has 0 aliphatic heterocycles. The molecule has 0 spiro atoms. The third-order valence-electron chi connectivity index (χ3n) is 2.84. The van der Waals surface area contributed by atoms with Crippen LogP contribution in [0.25, 0.3) is 0 Å². The standard InChI is InChI=1S/C14H12BrN3O2S/c15-13-7-12(21(17,19)20)5-6-14(13)18-9-11-3-1-10(8-16)2-4-11/h1-7,18H,9H2,(H2,17,19,20). The molecule has 0 aliphatic carbocycles. The molecule has 2 rings (SSSR count). The molecule has 0 atom stereocenters. The van der Waals surface area contributed by atoms with Crippen LogP contribution in [-0.4, -0.2) is 8.42 Å². The molecule has 0 saturated carbocycles. The van der Waals surface area contributed by atoms with Crippen molar-refractivity contribution >= 4 is 31.6 Å². The highest BCUT2D eigenvalue weighted by Gasteiger charge is 2.10. The molecule has 7 heteroatoms. The molecule has 0 unspecified atom stereocenters. The zero-order chi connectivity index (χ0) is 15.5. The molecule has 0 heterocycles. The number of benzene rings is 2. The van der Waals surface area contributed by atoms with Crippen LogP contribution in [0.15, 0.2) is 51.8 Å². The number of nitrogens with two attached hydrogens (primary N) is 1. The van der Waals surface area contributed by atoms with Crippen LogP contribution < -0.4 is 10.5 Å². The maximum absolute atomic E-state index is 11.2. The quantitative estimate of drug-likeness (QED) is 0.869. The molecule has 5 nitrogen and oxygen atoms in total. The van der Waals surface area contributed by atoms with E-state index in [0.717, 1.165) is 11.3 Å². The Balaban J connectivity index is 2.11. The van der Waals surface area contributed by atoms with Crippen LogP contribution in [0.1, 0.15) is 11.1 Å². The van der Waals surface area contributed by atoms with Gasteiger partial charge in [0.1, 0.15) is 0 Å². The van der Waals surface area contributed by atoms with Gasteiger partial charge in [0.2, 0.25) is 10.0 Å². The lowest BCUT2D eigenvalue weighted by Crippen LogP contribution is -2.12. The molecule has 0 bridgehead atoms. The van der Waals surface area contributed by atoms with E-state index in [1.165, 1.54) is 12.1 Å². The second-order valence-electron chi connectivity index (χ2n) is 4.35. The van der Waals surface area contributed by atoms with Crippen molar-refractivity contribution in [3.63, 3.8) is 0 Å². The van der Waals surface area contributed by atoms with E-state index in [0.29, 0.717) is 16.6 Å². The molecule has 3 N–H and O–H groups in total. The maximum Gasteiger partial charge on any atom is 0.238 e. The van der Waals surface area contributed by atoms with Crippen molar-refractivity contribution < 1.29 is 8.42 Å². The molecule has 0 saturated heterocycles. The zero-order valence-corrected chi connectivity index (χ0v) is 13.3. The highest BCUT2D eigenvalue weighted by Crippen LogP contribution is 2.25. The van der Waals surface area contributed by atoms with Gasteiger partial charge in [0.05, 0.1) is 16.5 Å². The van der Waals surface area contributed by atoms with E-state index in [1.54, 1.807) is 18.2 Å². The lowest BCUT2D eigenvalue weighted by atomic mass is 10.1. The summed E-state index contributed by atoms with van der Waals surface area (Å²) in [7, 11) is -3.71. The average molecular weight is 366 g/mol. The average Bonchev–Trinajstić information content (AvgIpc) is 2.45. The normalized spacial score (nSPS) is 10.9. The van der Waals surface area contributed by atoms with E-state index in [2.05, 4.69) is 27.3 Å². The van der Waals surface area contributed by atoms with E-state index in [1.807, 2.05) is 12.1 Å². The summed E-state index contributed by atoms with van der Waals surface area (Å²) in [6.07, 6.45) is 0. The minimum atomic E-state index is -3.71. The molecule has 0 aliphatic rings. The van der Waals surface area contributed by atoms with Crippen molar-refractivity contribution in [2.75, 3.05) is 5.32 Å². The lowest BCUT2D eigenvalue weighted by Gasteiger charge is -2.10. The lowest BCUT2D eigenvalue weighted by molar-refractivity contribution is 0.598. The number of primary sulfonamides is 1. The molecular weight excluding hydrogens is 354 g/mol. The molecule has 0 fully saturated rings. The van der Waals surface area contributed by atoms with Gasteiger partial charge < -0.3 is 5.32 Å². The largest absolute Gasteiger partial charge is 0.380 e. The summed E-state index contributed by atoms with van der Waals surface area (Å²) in [5, 5.41) is 17.0. The molecule has 21 heavy (non-hydrogen) atoms. The Hall–Kier alpha value is -1.88. The second-order valence-corrected chi connectivity index (χ2v) is 6.76. The first-order valence-corrected chi connectivity index (χ1v) is 8.29. The van der Waals surface area contributed by atoms with Crippen molar-refractivity contribution in [2.45, 2.75) is 11.4 Å². The SMILES string of the molecule is N#Cc1ccc(CNc2ccc(S(N)(=O)=O)cc2Br)cc1. The second kappa shape index (κ2) is 6.26. The predicted octanol–water partition coefficient (Wildman–Crippen LogP) is 2.58. The number of nitrogens with one attached hydrogen (secondary N) is 1. The molecule has 0 amide bonds. The highest BCUT2D eigenvalue weighted by atomic mass is 79.9. The van der Waals surface area contributed by atoms with Crippen LogP contribution in [0.3, 0.4) is 0 Å². The summed E-state index contributed by atoms with van der Waals surface area (Å²) in [6.45, 7) is 0.555. The fourth-order valence-corrected chi connectivity index (χ4v) is 2.92. The van der Waals surface area contributed by atoms with Gasteiger partial charge in [-0.15, -0.1) is 0 Å². The minimum Gasteiger partial charge on any atom is -0.380 e. The molecular formula is C14H12BrN3O2S. The predicted molar refractivity (Wildman–Crippen MR) is 84.0 cm³/mol. The number of sulfonamides is 1.